The molecule has 3 amide bonds. The maximum absolute atomic E-state index is 13.1. The first-order valence-corrected chi connectivity index (χ1v) is 11.8. The molecule has 1 fully saturated rings. The van der Waals surface area contributed by atoms with E-state index >= 15 is 0 Å². The van der Waals surface area contributed by atoms with E-state index in [1.165, 1.54) is 0 Å². The van der Waals surface area contributed by atoms with Gasteiger partial charge < -0.3 is 24.8 Å². The van der Waals surface area contributed by atoms with Crippen LogP contribution in [-0.2, 0) is 9.53 Å². The summed E-state index contributed by atoms with van der Waals surface area (Å²) in [4.78, 5) is 39.1. The minimum absolute atomic E-state index is 0.0587. The van der Waals surface area contributed by atoms with Crippen LogP contribution < -0.4 is 10.6 Å². The van der Waals surface area contributed by atoms with Crippen LogP contribution in [0.3, 0.4) is 0 Å². The predicted octanol–water partition coefficient (Wildman–Crippen LogP) is 3.59. The maximum Gasteiger partial charge on any atom is 0.407 e. The molecular formula is C26H36N4O4. The van der Waals surface area contributed by atoms with Crippen molar-refractivity contribution in [3.05, 3.63) is 53.3 Å². The Morgan fingerprint density at radius 1 is 0.971 bits per heavy atom. The molecule has 2 heterocycles. The highest BCUT2D eigenvalue weighted by atomic mass is 16.6. The number of hydrogen-bond donors (Lipinski definition) is 2. The van der Waals surface area contributed by atoms with Crippen LogP contribution in [0, 0.1) is 19.8 Å². The molecule has 1 saturated heterocycles. The van der Waals surface area contributed by atoms with Crippen molar-refractivity contribution in [2.75, 3.05) is 26.2 Å². The number of likely N-dealkylation sites (tertiary alicyclic amines) is 1. The Kier molecular flexibility index (Phi) is 8.02. The van der Waals surface area contributed by atoms with E-state index < -0.39 is 11.7 Å². The fourth-order valence-corrected chi connectivity index (χ4v) is 4.20. The highest BCUT2D eigenvalue weighted by molar-refractivity contribution is 5.95. The number of nitrogens with one attached hydrogen (secondary N) is 2. The third-order valence-electron chi connectivity index (χ3n) is 5.82. The molecule has 1 unspecified atom stereocenters. The summed E-state index contributed by atoms with van der Waals surface area (Å²) in [6.45, 7) is 11.1. The zero-order chi connectivity index (χ0) is 24.9. The first-order valence-electron chi connectivity index (χ1n) is 11.8. The molecule has 2 aromatic rings. The van der Waals surface area contributed by atoms with Crippen LogP contribution in [0.5, 0.6) is 0 Å². The zero-order valence-corrected chi connectivity index (χ0v) is 20.8. The van der Waals surface area contributed by atoms with E-state index in [0.29, 0.717) is 25.2 Å². The lowest BCUT2D eigenvalue weighted by Crippen LogP contribution is -2.46. The van der Waals surface area contributed by atoms with E-state index in [1.807, 2.05) is 24.3 Å². The number of amides is 3. The predicted molar refractivity (Wildman–Crippen MR) is 131 cm³/mol. The number of benzene rings is 1. The monoisotopic (exact) mass is 468 g/mol. The van der Waals surface area contributed by atoms with E-state index in [2.05, 4.69) is 41.2 Å². The van der Waals surface area contributed by atoms with Gasteiger partial charge in [0.25, 0.3) is 5.91 Å². The van der Waals surface area contributed by atoms with Gasteiger partial charge in [-0.1, -0.05) is 0 Å². The van der Waals surface area contributed by atoms with Gasteiger partial charge in [-0.3, -0.25) is 9.59 Å². The van der Waals surface area contributed by atoms with Gasteiger partial charge in [0.05, 0.1) is 5.92 Å². The fraction of sp³-hybridized carbons (Fsp3) is 0.500. The molecule has 2 N–H and O–H groups in total. The SMILES string of the molecule is Cc1ccc(C)n1-c1ccc(C(=O)N2CCCC(C(=O)NCCNC(=O)OC(C)(C)C)C2)cc1. The molecule has 8 heteroatoms. The molecule has 8 nitrogen and oxygen atoms in total. The standard InChI is InChI=1S/C26H36N4O4/c1-18-8-9-19(2)30(18)22-12-10-20(11-13-22)24(32)29-16-6-7-21(17-29)23(31)27-14-15-28-25(33)34-26(3,4)5/h8-13,21H,6-7,14-17H2,1-5H3,(H,27,31)(H,28,33). The Bertz CT molecular complexity index is 1000. The summed E-state index contributed by atoms with van der Waals surface area (Å²) in [5, 5.41) is 5.48. The second-order valence-corrected chi connectivity index (χ2v) is 9.81. The van der Waals surface area contributed by atoms with E-state index in [4.69, 9.17) is 4.74 Å². The number of rotatable bonds is 6. The molecule has 3 rings (SSSR count). The molecule has 1 aliphatic rings. The normalized spacial score (nSPS) is 16.1. The van der Waals surface area contributed by atoms with Crippen molar-refractivity contribution in [2.24, 2.45) is 5.92 Å². The van der Waals surface area contributed by atoms with E-state index in [0.717, 1.165) is 29.9 Å². The van der Waals surface area contributed by atoms with Crippen molar-refractivity contribution in [1.29, 1.82) is 0 Å². The van der Waals surface area contributed by atoms with Crippen LogP contribution in [0.15, 0.2) is 36.4 Å². The summed E-state index contributed by atoms with van der Waals surface area (Å²) in [5.41, 5.74) is 3.36. The number of hydrogen-bond acceptors (Lipinski definition) is 4. The highest BCUT2D eigenvalue weighted by Crippen LogP contribution is 2.21. The smallest absolute Gasteiger partial charge is 0.407 e. The molecule has 184 valence electrons. The lowest BCUT2D eigenvalue weighted by atomic mass is 9.96. The van der Waals surface area contributed by atoms with Crippen LogP contribution in [0.1, 0.15) is 55.4 Å². The van der Waals surface area contributed by atoms with Crippen molar-refractivity contribution < 1.29 is 19.1 Å². The molecule has 1 aliphatic heterocycles. The summed E-state index contributed by atoms with van der Waals surface area (Å²) < 4.78 is 7.32. The number of piperidine rings is 1. The number of aryl methyl sites for hydroxylation is 2. The maximum atomic E-state index is 13.1. The number of aromatic nitrogens is 1. The van der Waals surface area contributed by atoms with Gasteiger partial charge in [-0.15, -0.1) is 0 Å². The summed E-state index contributed by atoms with van der Waals surface area (Å²) in [6.07, 6.45) is 1.00. The van der Waals surface area contributed by atoms with Crippen molar-refractivity contribution in [3.8, 4) is 5.69 Å². The minimum atomic E-state index is -0.564. The van der Waals surface area contributed by atoms with Gasteiger partial charge in [0.15, 0.2) is 0 Å². The summed E-state index contributed by atoms with van der Waals surface area (Å²) in [7, 11) is 0. The van der Waals surface area contributed by atoms with Crippen molar-refractivity contribution >= 4 is 17.9 Å². The number of carbonyl (C=O) groups excluding carboxylic acids is 3. The quantitative estimate of drug-likeness (QED) is 0.634. The van der Waals surface area contributed by atoms with E-state index in [9.17, 15) is 14.4 Å². The number of ether oxygens (including phenoxy) is 1. The Morgan fingerprint density at radius 3 is 2.21 bits per heavy atom. The van der Waals surface area contributed by atoms with E-state index in [-0.39, 0.29) is 24.3 Å². The summed E-state index contributed by atoms with van der Waals surface area (Å²) >= 11 is 0. The molecule has 34 heavy (non-hydrogen) atoms. The average molecular weight is 469 g/mol. The Morgan fingerprint density at radius 2 is 1.59 bits per heavy atom. The van der Waals surface area contributed by atoms with Crippen LogP contribution in [0.2, 0.25) is 0 Å². The first kappa shape index (κ1) is 25.3. The topological polar surface area (TPSA) is 92.7 Å². The van der Waals surface area contributed by atoms with Gasteiger partial charge in [-0.2, -0.15) is 0 Å². The lowest BCUT2D eigenvalue weighted by Gasteiger charge is -2.32. The van der Waals surface area contributed by atoms with Crippen molar-refractivity contribution in [2.45, 2.75) is 53.1 Å². The van der Waals surface area contributed by atoms with E-state index in [1.54, 1.807) is 25.7 Å². The van der Waals surface area contributed by atoms with Gasteiger partial charge >= 0.3 is 6.09 Å². The molecule has 0 spiro atoms. The number of nitrogens with zero attached hydrogens (tertiary/aromatic N) is 2. The molecule has 0 saturated carbocycles. The van der Waals surface area contributed by atoms with Gasteiger partial charge in [0, 0.05) is 48.8 Å². The molecular weight excluding hydrogens is 432 g/mol. The third kappa shape index (κ3) is 6.62. The molecule has 1 aromatic heterocycles. The van der Waals surface area contributed by atoms with Crippen molar-refractivity contribution in [1.82, 2.24) is 20.1 Å². The first-order chi connectivity index (χ1) is 16.0. The van der Waals surface area contributed by atoms with Gasteiger partial charge in [0.1, 0.15) is 5.60 Å². The largest absolute Gasteiger partial charge is 0.444 e. The molecule has 0 aliphatic carbocycles. The number of alkyl carbamates (subject to hydrolysis) is 1. The van der Waals surface area contributed by atoms with Gasteiger partial charge in [-0.25, -0.2) is 4.79 Å². The highest BCUT2D eigenvalue weighted by Gasteiger charge is 2.29. The second kappa shape index (κ2) is 10.8. The van der Waals surface area contributed by atoms with Crippen LogP contribution in [0.25, 0.3) is 5.69 Å². The van der Waals surface area contributed by atoms with Crippen LogP contribution in [0.4, 0.5) is 4.79 Å². The molecule has 0 radical (unpaired) electrons. The average Bonchev–Trinajstić information content (AvgIpc) is 3.13. The van der Waals surface area contributed by atoms with Gasteiger partial charge in [0.2, 0.25) is 5.91 Å². The van der Waals surface area contributed by atoms with Crippen LogP contribution in [-0.4, -0.2) is 59.2 Å². The number of carbonyl (C=O) groups is 3. The molecule has 0 bridgehead atoms. The Hall–Kier alpha value is -3.29. The molecule has 1 aromatic carbocycles. The minimum Gasteiger partial charge on any atom is -0.444 e. The lowest BCUT2D eigenvalue weighted by molar-refractivity contribution is -0.126. The fourth-order valence-electron chi connectivity index (χ4n) is 4.20. The van der Waals surface area contributed by atoms with Crippen molar-refractivity contribution in [3.63, 3.8) is 0 Å². The summed E-state index contributed by atoms with van der Waals surface area (Å²) in [6, 6.07) is 11.8. The third-order valence-corrected chi connectivity index (χ3v) is 5.82. The summed E-state index contributed by atoms with van der Waals surface area (Å²) in [5.74, 6) is -0.419. The second-order valence-electron chi connectivity index (χ2n) is 9.81. The zero-order valence-electron chi connectivity index (χ0n) is 20.8. The molecule has 1 atom stereocenters. The van der Waals surface area contributed by atoms with Crippen LogP contribution >= 0.6 is 0 Å². The Labute approximate surface area is 201 Å². The Balaban J connectivity index is 1.50. The van der Waals surface area contributed by atoms with Gasteiger partial charge in [-0.05, 0) is 83.9 Å².